The molecule has 0 amide bonds. The Hall–Kier alpha value is -2.09. The van der Waals surface area contributed by atoms with Crippen LogP contribution in [-0.2, 0) is 4.79 Å². The number of fused-ring (bicyclic) bond motifs is 1. The lowest BCUT2D eigenvalue weighted by Crippen LogP contribution is -2.11. The standard InChI is InChI=1S/C15H12O2/c1-10-6-8-11(9-7-10)14-12-4-2-3-5-13(12)17-15(14)16/h2-9,14H,1H3. The number of benzene rings is 2. The third-order valence-corrected chi connectivity index (χ3v) is 3.09. The first-order valence-electron chi connectivity index (χ1n) is 5.63. The molecule has 0 saturated heterocycles. The monoisotopic (exact) mass is 224 g/mol. The van der Waals surface area contributed by atoms with Crippen molar-refractivity contribution >= 4 is 5.97 Å². The van der Waals surface area contributed by atoms with Crippen LogP contribution in [0.5, 0.6) is 5.75 Å². The van der Waals surface area contributed by atoms with Gasteiger partial charge in [0.05, 0.1) is 0 Å². The van der Waals surface area contributed by atoms with Crippen molar-refractivity contribution in [3.05, 3.63) is 65.2 Å². The summed E-state index contributed by atoms with van der Waals surface area (Å²) in [5, 5.41) is 0. The summed E-state index contributed by atoms with van der Waals surface area (Å²) in [6, 6.07) is 15.6. The minimum absolute atomic E-state index is 0.185. The van der Waals surface area contributed by atoms with E-state index in [9.17, 15) is 4.79 Å². The van der Waals surface area contributed by atoms with Crippen LogP contribution in [0, 0.1) is 6.92 Å². The van der Waals surface area contributed by atoms with Crippen molar-refractivity contribution in [3.63, 3.8) is 0 Å². The third-order valence-electron chi connectivity index (χ3n) is 3.09. The highest BCUT2D eigenvalue weighted by molar-refractivity contribution is 5.89. The highest BCUT2D eigenvalue weighted by Crippen LogP contribution is 2.38. The van der Waals surface area contributed by atoms with Crippen molar-refractivity contribution in [2.24, 2.45) is 0 Å². The Morgan fingerprint density at radius 1 is 1.00 bits per heavy atom. The molecule has 2 heteroatoms. The molecule has 2 aromatic carbocycles. The zero-order valence-electron chi connectivity index (χ0n) is 9.51. The van der Waals surface area contributed by atoms with Crippen LogP contribution < -0.4 is 4.74 Å². The maximum atomic E-state index is 11.9. The molecule has 1 atom stereocenters. The van der Waals surface area contributed by atoms with Gasteiger partial charge in [-0.2, -0.15) is 0 Å². The van der Waals surface area contributed by atoms with Gasteiger partial charge < -0.3 is 4.74 Å². The van der Waals surface area contributed by atoms with Gasteiger partial charge in [0.1, 0.15) is 11.7 Å². The lowest BCUT2D eigenvalue weighted by Gasteiger charge is -2.07. The second-order valence-corrected chi connectivity index (χ2v) is 4.30. The normalized spacial score (nSPS) is 17.7. The van der Waals surface area contributed by atoms with Crippen LogP contribution in [0.15, 0.2) is 48.5 Å². The van der Waals surface area contributed by atoms with Gasteiger partial charge in [-0.1, -0.05) is 48.0 Å². The van der Waals surface area contributed by atoms with E-state index in [2.05, 4.69) is 0 Å². The van der Waals surface area contributed by atoms with Crippen LogP contribution in [0.25, 0.3) is 0 Å². The molecule has 1 unspecified atom stereocenters. The molecule has 0 radical (unpaired) electrons. The Kier molecular flexibility index (Phi) is 2.22. The Bertz CT molecular complexity index is 570. The van der Waals surface area contributed by atoms with Crippen molar-refractivity contribution in [2.45, 2.75) is 12.8 Å². The fraction of sp³-hybridized carbons (Fsp3) is 0.133. The Morgan fingerprint density at radius 2 is 1.71 bits per heavy atom. The van der Waals surface area contributed by atoms with Crippen LogP contribution in [-0.4, -0.2) is 5.97 Å². The summed E-state index contributed by atoms with van der Waals surface area (Å²) >= 11 is 0. The molecular formula is C15H12O2. The number of ether oxygens (including phenoxy) is 1. The molecule has 1 aliphatic rings. The predicted molar refractivity (Wildman–Crippen MR) is 65.1 cm³/mol. The van der Waals surface area contributed by atoms with Gasteiger partial charge in [0.15, 0.2) is 0 Å². The van der Waals surface area contributed by atoms with E-state index in [0.29, 0.717) is 5.75 Å². The predicted octanol–water partition coefficient (Wildman–Crippen LogP) is 3.05. The second-order valence-electron chi connectivity index (χ2n) is 4.30. The largest absolute Gasteiger partial charge is 0.425 e. The van der Waals surface area contributed by atoms with Gasteiger partial charge in [-0.15, -0.1) is 0 Å². The van der Waals surface area contributed by atoms with Crippen LogP contribution in [0.3, 0.4) is 0 Å². The maximum Gasteiger partial charge on any atom is 0.323 e. The molecule has 84 valence electrons. The molecule has 2 aromatic rings. The number of aryl methyl sites for hydroxylation is 1. The first-order valence-corrected chi connectivity index (χ1v) is 5.63. The van der Waals surface area contributed by atoms with Gasteiger partial charge in [0.2, 0.25) is 0 Å². The highest BCUT2D eigenvalue weighted by atomic mass is 16.5. The summed E-state index contributed by atoms with van der Waals surface area (Å²) in [4.78, 5) is 11.9. The summed E-state index contributed by atoms with van der Waals surface area (Å²) in [6.45, 7) is 2.03. The summed E-state index contributed by atoms with van der Waals surface area (Å²) in [5.41, 5.74) is 3.14. The fourth-order valence-corrected chi connectivity index (χ4v) is 2.18. The van der Waals surface area contributed by atoms with E-state index in [1.165, 1.54) is 5.56 Å². The van der Waals surface area contributed by atoms with Gasteiger partial charge in [-0.05, 0) is 18.6 Å². The molecule has 1 heterocycles. The molecule has 17 heavy (non-hydrogen) atoms. The molecule has 0 aliphatic carbocycles. The lowest BCUT2D eigenvalue weighted by molar-refractivity contribution is -0.133. The molecule has 1 aliphatic heterocycles. The van der Waals surface area contributed by atoms with Crippen molar-refractivity contribution < 1.29 is 9.53 Å². The lowest BCUT2D eigenvalue weighted by atomic mass is 9.92. The molecule has 0 fully saturated rings. The summed E-state index contributed by atoms with van der Waals surface area (Å²) in [6.07, 6.45) is 0. The molecule has 0 saturated carbocycles. The number of carbonyl (C=O) groups is 1. The van der Waals surface area contributed by atoms with E-state index in [1.54, 1.807) is 0 Å². The average molecular weight is 224 g/mol. The quantitative estimate of drug-likeness (QED) is 0.549. The Morgan fingerprint density at radius 3 is 2.47 bits per heavy atom. The molecule has 0 bridgehead atoms. The van der Waals surface area contributed by atoms with E-state index < -0.39 is 0 Å². The highest BCUT2D eigenvalue weighted by Gasteiger charge is 2.33. The average Bonchev–Trinajstić information content (AvgIpc) is 2.66. The van der Waals surface area contributed by atoms with E-state index in [4.69, 9.17) is 4.74 Å². The van der Waals surface area contributed by atoms with Crippen LogP contribution >= 0.6 is 0 Å². The van der Waals surface area contributed by atoms with Crippen molar-refractivity contribution in [1.29, 1.82) is 0 Å². The number of hydrogen-bond acceptors (Lipinski definition) is 2. The Balaban J connectivity index is 2.09. The molecular weight excluding hydrogens is 212 g/mol. The molecule has 0 N–H and O–H groups in total. The topological polar surface area (TPSA) is 26.3 Å². The van der Waals surface area contributed by atoms with E-state index >= 15 is 0 Å². The molecule has 0 aromatic heterocycles. The summed E-state index contributed by atoms with van der Waals surface area (Å²) in [5.74, 6) is 0.227. The van der Waals surface area contributed by atoms with Crippen LogP contribution in [0.2, 0.25) is 0 Å². The first kappa shape index (κ1) is 10.1. The van der Waals surface area contributed by atoms with Gasteiger partial charge in [0.25, 0.3) is 0 Å². The van der Waals surface area contributed by atoms with Crippen molar-refractivity contribution in [3.8, 4) is 5.75 Å². The number of esters is 1. The number of hydrogen-bond donors (Lipinski definition) is 0. The summed E-state index contributed by atoms with van der Waals surface area (Å²) < 4.78 is 5.27. The second kappa shape index (κ2) is 3.74. The molecule has 3 rings (SSSR count). The van der Waals surface area contributed by atoms with Crippen molar-refractivity contribution in [1.82, 2.24) is 0 Å². The minimum atomic E-state index is -0.271. The molecule has 0 spiro atoms. The van der Waals surface area contributed by atoms with Gasteiger partial charge >= 0.3 is 5.97 Å². The van der Waals surface area contributed by atoms with E-state index in [1.807, 2.05) is 55.5 Å². The van der Waals surface area contributed by atoms with Crippen LogP contribution in [0.4, 0.5) is 0 Å². The van der Waals surface area contributed by atoms with E-state index in [-0.39, 0.29) is 11.9 Å². The van der Waals surface area contributed by atoms with Gasteiger partial charge in [0, 0.05) is 5.56 Å². The zero-order chi connectivity index (χ0) is 11.8. The van der Waals surface area contributed by atoms with Crippen LogP contribution in [0.1, 0.15) is 22.6 Å². The molecule has 2 nitrogen and oxygen atoms in total. The third kappa shape index (κ3) is 1.62. The number of para-hydroxylation sites is 1. The fourth-order valence-electron chi connectivity index (χ4n) is 2.18. The smallest absolute Gasteiger partial charge is 0.323 e. The zero-order valence-corrected chi connectivity index (χ0v) is 9.51. The van der Waals surface area contributed by atoms with Gasteiger partial charge in [-0.3, -0.25) is 4.79 Å². The number of carbonyl (C=O) groups excluding carboxylic acids is 1. The minimum Gasteiger partial charge on any atom is -0.425 e. The SMILES string of the molecule is Cc1ccc(C2C(=O)Oc3ccccc32)cc1. The van der Waals surface area contributed by atoms with Crippen molar-refractivity contribution in [2.75, 3.05) is 0 Å². The Labute approximate surface area is 99.9 Å². The maximum absolute atomic E-state index is 11.9. The summed E-state index contributed by atoms with van der Waals surface area (Å²) in [7, 11) is 0. The number of rotatable bonds is 1. The first-order chi connectivity index (χ1) is 8.25. The van der Waals surface area contributed by atoms with E-state index in [0.717, 1.165) is 11.1 Å². The van der Waals surface area contributed by atoms with Gasteiger partial charge in [-0.25, -0.2) is 0 Å².